The molecule has 3 heterocycles. The Hall–Kier alpha value is -7.26. The van der Waals surface area contributed by atoms with E-state index in [1.54, 1.807) is 58.9 Å². The number of allylic oxidation sites excluding steroid dienone is 3. The van der Waals surface area contributed by atoms with Crippen LogP contribution in [0.3, 0.4) is 0 Å². The van der Waals surface area contributed by atoms with Gasteiger partial charge in [0.25, 0.3) is 5.91 Å². The standard InChI is InChI=1S/C62H86BrClN8O17/c1-33(2)52(69-49(73)22-15-14-19-36(5)86-57(78)35(4)32-63)55(76)68-42(20-17-25-66-59(65)80)54(75)67-40-23-24-41(44(29-40)83-11)56(77)71(9)38(7)58(79)88-48-30-50(74)72(10)43-27-39(28-45(84-12)51(43)64)26-34(3)18-16-21-47(85-13)62(82)31-46(87-60(81)70-62)37(6)53-61(48,8)89-53/h16,18,21,23-24,27-29,33,36-38,42,46-48,52-53,82H,4,14-15,17,19-20,22,25-26,30-32H2,1-3,5-13H3,(H,67,75)(H,68,76)(H,69,73)(H,70,81)(H3,65,66,80)/b21-16+,34-18+/t36?,37-,38+,42+,46+,47-,48+,52+,53+,61+,62+/m1/s1. The van der Waals surface area contributed by atoms with Crippen LogP contribution in [-0.4, -0.2) is 171 Å². The van der Waals surface area contributed by atoms with Crippen LogP contribution >= 0.6 is 27.5 Å². The van der Waals surface area contributed by atoms with E-state index in [0.29, 0.717) is 37.1 Å². The van der Waals surface area contributed by atoms with Crippen LogP contribution in [0.1, 0.15) is 116 Å². The van der Waals surface area contributed by atoms with Gasteiger partial charge in [-0.2, -0.15) is 0 Å². The summed E-state index contributed by atoms with van der Waals surface area (Å²) in [5.41, 5.74) is 4.26. The lowest BCUT2D eigenvalue weighted by molar-refractivity contribution is -0.158. The molecule has 0 aromatic heterocycles. The number of nitrogens with two attached hydrogens (primary N) is 1. The number of primary amides is 1. The van der Waals surface area contributed by atoms with Gasteiger partial charge in [0.1, 0.15) is 58.6 Å². The number of fused-ring (bicyclic) bond motifs is 5. The van der Waals surface area contributed by atoms with Crippen molar-refractivity contribution in [2.24, 2.45) is 17.6 Å². The van der Waals surface area contributed by atoms with Gasteiger partial charge in [-0.25, -0.2) is 19.2 Å². The number of likely N-dealkylation sites (N-methyl/N-ethyl adjacent to an activating group) is 1. The fourth-order valence-corrected chi connectivity index (χ4v) is 11.0. The van der Waals surface area contributed by atoms with Crippen LogP contribution in [0.5, 0.6) is 11.5 Å². The number of hydrogen-bond donors (Lipinski definition) is 7. The molecule has 2 saturated heterocycles. The fourth-order valence-electron chi connectivity index (χ4n) is 10.5. The fraction of sp³-hybridized carbons (Fsp3) is 0.565. The summed E-state index contributed by atoms with van der Waals surface area (Å²) < 4.78 is 40.6. The molecule has 0 spiro atoms. The van der Waals surface area contributed by atoms with Crippen molar-refractivity contribution in [3.8, 4) is 11.5 Å². The second-order valence-electron chi connectivity index (χ2n) is 23.2. The number of nitrogens with one attached hydrogen (secondary N) is 5. The zero-order valence-corrected chi connectivity index (χ0v) is 54.9. The maximum Gasteiger partial charge on any atom is 0.409 e. The molecule has 2 fully saturated rings. The normalized spacial score (nSPS) is 24.0. The highest BCUT2D eigenvalue weighted by atomic mass is 79.9. The average molecular weight is 1330 g/mol. The summed E-state index contributed by atoms with van der Waals surface area (Å²) in [7, 11) is 7.03. The van der Waals surface area contributed by atoms with Crippen LogP contribution in [0, 0.1) is 11.8 Å². The van der Waals surface area contributed by atoms with E-state index in [1.807, 2.05) is 13.0 Å². The monoisotopic (exact) mass is 1330 g/mol. The average Bonchev–Trinajstić information content (AvgIpc) is 1.59. The lowest BCUT2D eigenvalue weighted by atomic mass is 9.83. The van der Waals surface area contributed by atoms with Gasteiger partial charge in [-0.1, -0.05) is 78.7 Å². The maximum absolute atomic E-state index is 14.6. The number of unbranched alkanes of at least 4 members (excludes halogenated alkanes) is 1. The van der Waals surface area contributed by atoms with Crippen molar-refractivity contribution < 1.29 is 81.4 Å². The van der Waals surface area contributed by atoms with Crippen molar-refractivity contribution >= 4 is 92.5 Å². The first-order valence-electron chi connectivity index (χ1n) is 29.3. The Balaban J connectivity index is 1.34. The molecule has 2 aromatic carbocycles. The third kappa shape index (κ3) is 19.4. The Kier molecular flexibility index (Phi) is 26.4. The number of esters is 2. The van der Waals surface area contributed by atoms with E-state index >= 15 is 0 Å². The summed E-state index contributed by atoms with van der Waals surface area (Å²) >= 11 is 10.0. The molecular formula is C62H86BrClN8O17. The van der Waals surface area contributed by atoms with Gasteiger partial charge in [-0.15, -0.1) is 0 Å². The Labute approximate surface area is 532 Å². The molecule has 89 heavy (non-hydrogen) atoms. The van der Waals surface area contributed by atoms with Gasteiger partial charge in [-0.05, 0) is 102 Å². The van der Waals surface area contributed by atoms with Crippen molar-refractivity contribution in [2.75, 3.05) is 57.5 Å². The SMILES string of the molecule is C=C(CBr)C(=O)OC(C)CCCCC(=O)N[C@H](C(=O)N[C@@H](CCCNC(N)=O)C(=O)Nc1ccc(C(=O)N(C)[C@@H](C)C(=O)O[C@H]2CC(=O)N(C)c3cc(cc(OC)c3Cl)C/C(C)=C/C=C/[C@@H](OC)[C@@]3(O)C[C@H](OC(=O)N3)[C@@H](C)[C@@H]3O[C@@]23C)c(OC)c1)C(C)C. The zero-order valence-electron chi connectivity index (χ0n) is 52.6. The number of nitrogens with zero attached hydrogens (tertiary/aromatic N) is 2. The zero-order chi connectivity index (χ0) is 66.2. The van der Waals surface area contributed by atoms with Crippen molar-refractivity contribution in [1.29, 1.82) is 0 Å². The molecule has 27 heteroatoms. The van der Waals surface area contributed by atoms with Crippen LogP contribution in [0.15, 0.2) is 66.3 Å². The van der Waals surface area contributed by atoms with E-state index in [1.165, 1.54) is 65.4 Å². The number of alkyl carbamates (subject to hydrolysis) is 1. The van der Waals surface area contributed by atoms with Gasteiger partial charge in [0, 0.05) is 69.2 Å². The van der Waals surface area contributed by atoms with Gasteiger partial charge >= 0.3 is 24.1 Å². The van der Waals surface area contributed by atoms with Gasteiger partial charge in [0.05, 0.1) is 44.1 Å². The second-order valence-corrected chi connectivity index (χ2v) is 24.1. The lowest BCUT2D eigenvalue weighted by Crippen LogP contribution is -2.63. The molecule has 0 saturated carbocycles. The third-order valence-electron chi connectivity index (χ3n) is 16.0. The number of carbonyl (C=O) groups excluding carboxylic acids is 9. The number of urea groups is 1. The number of epoxide rings is 1. The van der Waals surface area contributed by atoms with Crippen molar-refractivity contribution in [3.63, 3.8) is 0 Å². The largest absolute Gasteiger partial charge is 0.496 e. The smallest absolute Gasteiger partial charge is 0.409 e. The van der Waals surface area contributed by atoms with E-state index in [4.69, 9.17) is 50.5 Å². The predicted octanol–water partition coefficient (Wildman–Crippen LogP) is 6.29. The number of hydrogen-bond acceptors (Lipinski definition) is 17. The molecule has 3 aliphatic rings. The Morgan fingerprint density at radius 2 is 1.69 bits per heavy atom. The van der Waals surface area contributed by atoms with Gasteiger partial charge in [0.2, 0.25) is 23.6 Å². The molecule has 8 N–H and O–H groups in total. The number of ether oxygens (including phenoxy) is 7. The number of rotatable bonds is 25. The molecule has 11 atom stereocenters. The van der Waals surface area contributed by atoms with Crippen LogP contribution in [0.25, 0.3) is 0 Å². The number of methoxy groups -OCH3 is 3. The van der Waals surface area contributed by atoms with Crippen molar-refractivity contribution in [2.45, 2.75) is 166 Å². The number of halogens is 2. The first-order chi connectivity index (χ1) is 41.9. The molecule has 25 nitrogen and oxygen atoms in total. The summed E-state index contributed by atoms with van der Waals surface area (Å²) in [6, 6.07) is 3.30. The van der Waals surface area contributed by atoms with Crippen LogP contribution in [0.4, 0.5) is 21.0 Å². The highest BCUT2D eigenvalue weighted by molar-refractivity contribution is 9.09. The summed E-state index contributed by atoms with van der Waals surface area (Å²) in [6.07, 6.45) is 1.31. The number of alkyl halides is 1. The van der Waals surface area contributed by atoms with Crippen LogP contribution in [0.2, 0.25) is 5.02 Å². The summed E-state index contributed by atoms with van der Waals surface area (Å²) in [6.45, 7) is 15.6. The quantitative estimate of drug-likeness (QED) is 0.0143. The first kappa shape index (κ1) is 72.5. The third-order valence-corrected chi connectivity index (χ3v) is 17.1. The minimum Gasteiger partial charge on any atom is -0.496 e. The molecule has 3 aliphatic heterocycles. The molecule has 8 amide bonds. The van der Waals surface area contributed by atoms with E-state index < -0.39 is 132 Å². The summed E-state index contributed by atoms with van der Waals surface area (Å²) in [4.78, 5) is 124. The van der Waals surface area contributed by atoms with Crippen molar-refractivity contribution in [1.82, 2.24) is 26.2 Å². The summed E-state index contributed by atoms with van der Waals surface area (Å²) in [5, 5.41) is 25.6. The molecule has 0 aliphatic carbocycles. The molecule has 490 valence electrons. The van der Waals surface area contributed by atoms with Gasteiger partial charge in [-0.3, -0.25) is 29.3 Å². The number of anilines is 2. The lowest BCUT2D eigenvalue weighted by Gasteiger charge is -2.42. The Bertz CT molecular complexity index is 3020. The highest BCUT2D eigenvalue weighted by Crippen LogP contribution is 2.49. The number of amides is 8. The second kappa shape index (κ2) is 32.5. The molecule has 2 aromatic rings. The first-order valence-corrected chi connectivity index (χ1v) is 30.8. The Morgan fingerprint density at radius 1 is 0.989 bits per heavy atom. The topological polar surface area (TPSA) is 334 Å². The number of aliphatic hydroxyl groups is 1. The molecule has 1 unspecified atom stereocenters. The van der Waals surface area contributed by atoms with Crippen LogP contribution < -0.4 is 46.7 Å². The Morgan fingerprint density at radius 3 is 2.33 bits per heavy atom. The van der Waals surface area contributed by atoms with Crippen LogP contribution in [-0.2, 0) is 58.9 Å². The molecular weight excluding hydrogens is 1240 g/mol. The van der Waals surface area contributed by atoms with E-state index in [-0.39, 0.29) is 65.2 Å². The molecule has 5 rings (SSSR count). The minimum atomic E-state index is -1.93. The summed E-state index contributed by atoms with van der Waals surface area (Å²) in [5.74, 6) is -5.19. The molecule has 0 radical (unpaired) electrons. The predicted molar refractivity (Wildman–Crippen MR) is 334 cm³/mol. The van der Waals surface area contributed by atoms with Gasteiger partial charge in [0.15, 0.2) is 5.72 Å². The van der Waals surface area contributed by atoms with E-state index in [9.17, 15) is 48.3 Å². The minimum absolute atomic E-state index is 0.0159. The highest BCUT2D eigenvalue weighted by Gasteiger charge is 2.64. The van der Waals surface area contributed by atoms with E-state index in [0.717, 1.165) is 16.0 Å². The van der Waals surface area contributed by atoms with Crippen molar-refractivity contribution in [3.05, 3.63) is 82.4 Å². The van der Waals surface area contributed by atoms with Gasteiger partial charge < -0.3 is 75.1 Å². The van der Waals surface area contributed by atoms with E-state index in [2.05, 4.69) is 49.1 Å². The number of benzene rings is 2. The molecule has 4 bridgehead atoms. The number of carbonyl (C=O) groups is 9. The maximum atomic E-state index is 14.6.